The Labute approximate surface area is 378 Å². The molecule has 2 heteroatoms. The number of fused-ring (bicyclic) bond motifs is 11. The molecule has 1 aliphatic carbocycles. The van der Waals surface area contributed by atoms with Crippen LogP contribution < -0.4 is 0 Å². The van der Waals surface area contributed by atoms with Gasteiger partial charge in [-0.05, 0) is 127 Å². The first-order valence-corrected chi connectivity index (χ1v) is 22.7. The average molecular weight is 829 g/mol. The molecule has 0 aliphatic heterocycles. The van der Waals surface area contributed by atoms with Crippen molar-refractivity contribution < 1.29 is 0 Å². The number of nitrogens with zero attached hydrogens (tertiary/aromatic N) is 2. The lowest BCUT2D eigenvalue weighted by molar-refractivity contribution is 0.660. The first-order valence-electron chi connectivity index (χ1n) is 22.7. The lowest BCUT2D eigenvalue weighted by Gasteiger charge is -2.22. The zero-order chi connectivity index (χ0) is 43.2. The van der Waals surface area contributed by atoms with E-state index in [1.807, 2.05) is 0 Å². The van der Waals surface area contributed by atoms with Crippen molar-refractivity contribution in [3.8, 4) is 22.5 Å². The van der Waals surface area contributed by atoms with Crippen LogP contribution in [-0.4, -0.2) is 9.13 Å². The van der Waals surface area contributed by atoms with Gasteiger partial charge < -0.3 is 9.13 Å². The minimum atomic E-state index is -0.134. The largest absolute Gasteiger partial charge is 0.309 e. The van der Waals surface area contributed by atoms with Gasteiger partial charge >= 0.3 is 0 Å². The van der Waals surface area contributed by atoms with Gasteiger partial charge in [-0.3, -0.25) is 0 Å². The molecule has 13 rings (SSSR count). The Morgan fingerprint density at radius 1 is 0.308 bits per heavy atom. The highest BCUT2D eigenvalue weighted by Gasteiger charge is 2.35. The van der Waals surface area contributed by atoms with E-state index in [4.69, 9.17) is 0 Å². The van der Waals surface area contributed by atoms with E-state index < -0.39 is 0 Å². The van der Waals surface area contributed by atoms with Crippen molar-refractivity contribution in [3.63, 3.8) is 0 Å². The lowest BCUT2D eigenvalue weighted by atomic mass is 9.81. The summed E-state index contributed by atoms with van der Waals surface area (Å²) in [6.07, 6.45) is 9.07. The normalized spacial score (nSPS) is 13.4. The van der Waals surface area contributed by atoms with Crippen LogP contribution in [0.3, 0.4) is 0 Å². The summed E-state index contributed by atoms with van der Waals surface area (Å²) in [4.78, 5) is 0. The standard InChI is InChI=1S/C63H44N2/c1-63(2)57-37-43(21-19-41-25-33-61-55(35-41)53-15-7-9-17-59(53)64(61)49-29-27-45-11-3-5-13-47(45)39-49)23-31-51(57)52-32-24-44(38-58(52)63)22-20-42-26-34-62-56(36-42)54-16-8-10-18-60(54)65(62)50-30-28-46-12-4-6-14-48(46)40-50/h3-40H,1-2H3/b21-19+,22-20+. The third kappa shape index (κ3) is 6.02. The minimum Gasteiger partial charge on any atom is -0.309 e. The second kappa shape index (κ2) is 14.4. The third-order valence-electron chi connectivity index (χ3n) is 14.0. The van der Waals surface area contributed by atoms with Crippen molar-refractivity contribution in [1.29, 1.82) is 0 Å². The molecule has 2 aromatic heterocycles. The van der Waals surface area contributed by atoms with Gasteiger partial charge in [0.25, 0.3) is 0 Å². The van der Waals surface area contributed by atoms with Gasteiger partial charge in [0, 0.05) is 38.3 Å². The Bertz CT molecular complexity index is 3720. The number of aromatic nitrogens is 2. The van der Waals surface area contributed by atoms with Crippen molar-refractivity contribution in [2.45, 2.75) is 19.3 Å². The van der Waals surface area contributed by atoms with Crippen molar-refractivity contribution >= 4 is 89.5 Å². The summed E-state index contributed by atoms with van der Waals surface area (Å²) in [7, 11) is 0. The van der Waals surface area contributed by atoms with Crippen molar-refractivity contribution in [1.82, 2.24) is 9.13 Å². The predicted molar refractivity (Wildman–Crippen MR) is 278 cm³/mol. The zero-order valence-electron chi connectivity index (χ0n) is 36.3. The van der Waals surface area contributed by atoms with E-state index in [1.54, 1.807) is 0 Å². The Morgan fingerprint density at radius 2 is 0.677 bits per heavy atom. The molecule has 2 heterocycles. The number of para-hydroxylation sites is 2. The SMILES string of the molecule is CC1(C)c2cc(/C=C/c3ccc4c(c3)c3ccccc3n4-c3ccc4ccccc4c3)ccc2-c2ccc(/C=C/c3ccc4c(c3)c3ccccc3n4-c3ccc4ccccc4c3)cc21. The molecule has 0 radical (unpaired) electrons. The highest BCUT2D eigenvalue weighted by molar-refractivity contribution is 6.11. The van der Waals surface area contributed by atoms with E-state index in [0.717, 1.165) is 0 Å². The van der Waals surface area contributed by atoms with E-state index >= 15 is 0 Å². The molecule has 1 aliphatic rings. The summed E-state index contributed by atoms with van der Waals surface area (Å²) in [6.45, 7) is 4.74. The lowest BCUT2D eigenvalue weighted by Crippen LogP contribution is -2.15. The molecular formula is C63H44N2. The maximum atomic E-state index is 2.40. The summed E-state index contributed by atoms with van der Waals surface area (Å²) >= 11 is 0. The minimum absolute atomic E-state index is 0.134. The average Bonchev–Trinajstić information content (AvgIpc) is 3.94. The molecule has 0 saturated heterocycles. The number of rotatable bonds is 6. The molecule has 0 spiro atoms. The van der Waals surface area contributed by atoms with E-state index in [1.165, 1.54) is 121 Å². The van der Waals surface area contributed by atoms with Crippen LogP contribution in [0.15, 0.2) is 206 Å². The van der Waals surface area contributed by atoms with Crippen LogP contribution in [0.1, 0.15) is 47.2 Å². The molecule has 10 aromatic carbocycles. The van der Waals surface area contributed by atoms with Gasteiger partial charge in [0.05, 0.1) is 22.1 Å². The molecule has 0 unspecified atom stereocenters. The number of hydrogen-bond donors (Lipinski definition) is 0. The van der Waals surface area contributed by atoms with Crippen LogP contribution in [0, 0.1) is 0 Å². The molecule has 0 amide bonds. The molecule has 0 atom stereocenters. The molecule has 0 N–H and O–H groups in total. The summed E-state index contributed by atoms with van der Waals surface area (Å²) in [5.74, 6) is 0. The van der Waals surface area contributed by atoms with Crippen LogP contribution >= 0.6 is 0 Å². The third-order valence-corrected chi connectivity index (χ3v) is 14.0. The van der Waals surface area contributed by atoms with Crippen LogP contribution in [0.2, 0.25) is 0 Å². The molecule has 0 fully saturated rings. The molecule has 0 bridgehead atoms. The first kappa shape index (κ1) is 37.4. The van der Waals surface area contributed by atoms with E-state index in [-0.39, 0.29) is 5.41 Å². The molecule has 306 valence electrons. The van der Waals surface area contributed by atoms with Crippen molar-refractivity contribution in [3.05, 3.63) is 240 Å². The van der Waals surface area contributed by atoms with Crippen LogP contribution in [0.5, 0.6) is 0 Å². The Morgan fingerprint density at radius 3 is 1.14 bits per heavy atom. The van der Waals surface area contributed by atoms with Crippen molar-refractivity contribution in [2.24, 2.45) is 0 Å². The second-order valence-corrected chi connectivity index (χ2v) is 18.2. The van der Waals surface area contributed by atoms with Crippen LogP contribution in [-0.2, 0) is 5.41 Å². The molecular weight excluding hydrogens is 785 g/mol. The summed E-state index contributed by atoms with van der Waals surface area (Å²) in [5.41, 5.74) is 17.3. The van der Waals surface area contributed by atoms with E-state index in [9.17, 15) is 0 Å². The molecule has 2 nitrogen and oxygen atoms in total. The second-order valence-electron chi connectivity index (χ2n) is 18.2. The Balaban J connectivity index is 0.788. The monoisotopic (exact) mass is 828 g/mol. The fraction of sp³-hybridized carbons (Fsp3) is 0.0476. The van der Waals surface area contributed by atoms with Gasteiger partial charge in [0.1, 0.15) is 0 Å². The van der Waals surface area contributed by atoms with Gasteiger partial charge in [-0.2, -0.15) is 0 Å². The van der Waals surface area contributed by atoms with Gasteiger partial charge in [0.2, 0.25) is 0 Å². The predicted octanol–water partition coefficient (Wildman–Crippen LogP) is 16.8. The molecule has 12 aromatic rings. The van der Waals surface area contributed by atoms with Crippen LogP contribution in [0.4, 0.5) is 0 Å². The Kier molecular flexibility index (Phi) is 8.29. The fourth-order valence-corrected chi connectivity index (χ4v) is 10.7. The summed E-state index contributed by atoms with van der Waals surface area (Å²) < 4.78 is 4.80. The van der Waals surface area contributed by atoms with Gasteiger partial charge in [-0.1, -0.05) is 184 Å². The van der Waals surface area contributed by atoms with Crippen LogP contribution in [0.25, 0.3) is 112 Å². The van der Waals surface area contributed by atoms with E-state index in [0.29, 0.717) is 0 Å². The smallest absolute Gasteiger partial charge is 0.0541 e. The molecule has 0 saturated carbocycles. The van der Waals surface area contributed by atoms with Crippen molar-refractivity contribution in [2.75, 3.05) is 0 Å². The zero-order valence-corrected chi connectivity index (χ0v) is 36.3. The summed E-state index contributed by atoms with van der Waals surface area (Å²) in [6, 6.07) is 76.0. The maximum absolute atomic E-state index is 2.40. The summed E-state index contributed by atoms with van der Waals surface area (Å²) in [5, 5.41) is 10.1. The Hall–Kier alpha value is -8.20. The fourth-order valence-electron chi connectivity index (χ4n) is 10.7. The highest BCUT2D eigenvalue weighted by atomic mass is 15.0. The number of benzene rings is 10. The topological polar surface area (TPSA) is 9.86 Å². The van der Waals surface area contributed by atoms with Gasteiger partial charge in [0.15, 0.2) is 0 Å². The maximum Gasteiger partial charge on any atom is 0.0541 e. The number of hydrogen-bond acceptors (Lipinski definition) is 0. The highest BCUT2D eigenvalue weighted by Crippen LogP contribution is 2.49. The van der Waals surface area contributed by atoms with E-state index in [2.05, 4.69) is 254 Å². The van der Waals surface area contributed by atoms with Gasteiger partial charge in [-0.25, -0.2) is 0 Å². The van der Waals surface area contributed by atoms with Gasteiger partial charge in [-0.15, -0.1) is 0 Å². The quantitative estimate of drug-likeness (QED) is 0.148. The molecule has 65 heavy (non-hydrogen) atoms. The first-order chi connectivity index (χ1) is 31.9.